The lowest BCUT2D eigenvalue weighted by atomic mass is 9.95. The smallest absolute Gasteiger partial charge is 0.213 e. The molecule has 0 amide bonds. The minimum Gasteiger partial charge on any atom is -0.481 e. The fraction of sp³-hybridized carbons (Fsp3) is 0.706. The standard InChI is InChI=1S/C17H29N3O/c1-17(2,3)18-12-14-8-10-20(11-9-14)13-15-6-5-7-16(19-15)21-4/h5-7,14,18H,8-13H2,1-4H3. The Labute approximate surface area is 128 Å². The molecule has 1 aromatic heterocycles. The van der Waals surface area contributed by atoms with Crippen LogP contribution in [0.15, 0.2) is 18.2 Å². The van der Waals surface area contributed by atoms with Gasteiger partial charge >= 0.3 is 0 Å². The van der Waals surface area contributed by atoms with E-state index in [0.717, 1.165) is 37.8 Å². The molecule has 1 fully saturated rings. The largest absolute Gasteiger partial charge is 0.481 e. The molecule has 0 saturated carbocycles. The van der Waals surface area contributed by atoms with Crippen molar-refractivity contribution < 1.29 is 4.74 Å². The summed E-state index contributed by atoms with van der Waals surface area (Å²) in [7, 11) is 1.67. The summed E-state index contributed by atoms with van der Waals surface area (Å²) in [5.74, 6) is 1.51. The van der Waals surface area contributed by atoms with E-state index in [1.54, 1.807) is 7.11 Å². The van der Waals surface area contributed by atoms with Gasteiger partial charge in [-0.3, -0.25) is 4.90 Å². The van der Waals surface area contributed by atoms with Crippen molar-refractivity contribution in [2.75, 3.05) is 26.7 Å². The molecule has 21 heavy (non-hydrogen) atoms. The molecular weight excluding hydrogens is 262 g/mol. The summed E-state index contributed by atoms with van der Waals surface area (Å²) in [5.41, 5.74) is 1.32. The van der Waals surface area contributed by atoms with Crippen LogP contribution in [0.25, 0.3) is 0 Å². The second kappa shape index (κ2) is 7.23. The number of nitrogens with one attached hydrogen (secondary N) is 1. The van der Waals surface area contributed by atoms with E-state index in [0.29, 0.717) is 5.88 Å². The number of aromatic nitrogens is 1. The molecule has 0 unspecified atom stereocenters. The van der Waals surface area contributed by atoms with Crippen molar-refractivity contribution in [1.82, 2.24) is 15.2 Å². The molecule has 4 nitrogen and oxygen atoms in total. The normalized spacial score (nSPS) is 17.9. The van der Waals surface area contributed by atoms with Gasteiger partial charge in [-0.1, -0.05) is 6.07 Å². The van der Waals surface area contributed by atoms with Crippen molar-refractivity contribution in [2.45, 2.75) is 45.7 Å². The molecule has 0 radical (unpaired) electrons. The van der Waals surface area contributed by atoms with Crippen LogP contribution in [0, 0.1) is 5.92 Å². The van der Waals surface area contributed by atoms with Crippen LogP contribution in [0.5, 0.6) is 5.88 Å². The van der Waals surface area contributed by atoms with E-state index < -0.39 is 0 Å². The van der Waals surface area contributed by atoms with Crippen LogP contribution < -0.4 is 10.1 Å². The maximum absolute atomic E-state index is 5.19. The van der Waals surface area contributed by atoms with Crippen LogP contribution >= 0.6 is 0 Å². The van der Waals surface area contributed by atoms with Gasteiger partial charge in [0, 0.05) is 18.2 Å². The summed E-state index contributed by atoms with van der Waals surface area (Å²) in [6, 6.07) is 5.99. The average Bonchev–Trinajstić information content (AvgIpc) is 2.46. The third-order valence-electron chi connectivity index (χ3n) is 4.00. The lowest BCUT2D eigenvalue weighted by Gasteiger charge is -2.33. The highest BCUT2D eigenvalue weighted by atomic mass is 16.5. The van der Waals surface area contributed by atoms with Crippen molar-refractivity contribution >= 4 is 0 Å². The van der Waals surface area contributed by atoms with E-state index in [4.69, 9.17) is 4.74 Å². The van der Waals surface area contributed by atoms with Gasteiger partial charge in [-0.2, -0.15) is 0 Å². The lowest BCUT2D eigenvalue weighted by molar-refractivity contribution is 0.168. The molecule has 1 aliphatic rings. The lowest BCUT2D eigenvalue weighted by Crippen LogP contribution is -2.42. The quantitative estimate of drug-likeness (QED) is 0.905. The van der Waals surface area contributed by atoms with Crippen molar-refractivity contribution in [3.63, 3.8) is 0 Å². The van der Waals surface area contributed by atoms with Crippen LogP contribution in [-0.2, 0) is 6.54 Å². The second-order valence-corrected chi connectivity index (χ2v) is 7.02. The van der Waals surface area contributed by atoms with E-state index in [1.807, 2.05) is 12.1 Å². The van der Waals surface area contributed by atoms with Crippen LogP contribution in [0.3, 0.4) is 0 Å². The summed E-state index contributed by atoms with van der Waals surface area (Å²) in [6.45, 7) is 11.1. The predicted molar refractivity (Wildman–Crippen MR) is 86.5 cm³/mol. The van der Waals surface area contributed by atoms with E-state index >= 15 is 0 Å². The van der Waals surface area contributed by atoms with Crippen LogP contribution in [0.1, 0.15) is 39.3 Å². The zero-order chi connectivity index (χ0) is 15.3. The van der Waals surface area contributed by atoms with Gasteiger partial charge in [0.1, 0.15) is 0 Å². The molecule has 2 heterocycles. The van der Waals surface area contributed by atoms with Gasteiger partial charge in [0.2, 0.25) is 5.88 Å². The first-order chi connectivity index (χ1) is 9.96. The highest BCUT2D eigenvalue weighted by Crippen LogP contribution is 2.19. The maximum atomic E-state index is 5.19. The fourth-order valence-electron chi connectivity index (χ4n) is 2.69. The average molecular weight is 291 g/mol. The van der Waals surface area contributed by atoms with Gasteiger partial charge < -0.3 is 10.1 Å². The molecule has 0 spiro atoms. The van der Waals surface area contributed by atoms with Crippen LogP contribution in [0.4, 0.5) is 0 Å². The minimum atomic E-state index is 0.224. The van der Waals surface area contributed by atoms with Gasteiger partial charge in [-0.15, -0.1) is 0 Å². The molecule has 1 aliphatic heterocycles. The number of pyridine rings is 1. The van der Waals surface area contributed by atoms with Crippen molar-refractivity contribution in [3.8, 4) is 5.88 Å². The number of likely N-dealkylation sites (tertiary alicyclic amines) is 1. The van der Waals surface area contributed by atoms with Gasteiger partial charge in [-0.05, 0) is 65.2 Å². The van der Waals surface area contributed by atoms with Gasteiger partial charge in [0.05, 0.1) is 12.8 Å². The molecule has 1 saturated heterocycles. The molecule has 1 aromatic rings. The molecular formula is C17H29N3O. The predicted octanol–water partition coefficient (Wildman–Crippen LogP) is 2.69. The molecule has 118 valence electrons. The second-order valence-electron chi connectivity index (χ2n) is 7.02. The monoisotopic (exact) mass is 291 g/mol. The van der Waals surface area contributed by atoms with Crippen LogP contribution in [0.2, 0.25) is 0 Å². The van der Waals surface area contributed by atoms with Crippen molar-refractivity contribution in [2.24, 2.45) is 5.92 Å². The first-order valence-electron chi connectivity index (χ1n) is 7.93. The number of rotatable bonds is 5. The molecule has 0 bridgehead atoms. The maximum Gasteiger partial charge on any atom is 0.213 e. The number of methoxy groups -OCH3 is 1. The van der Waals surface area contributed by atoms with Crippen LogP contribution in [-0.4, -0.2) is 42.2 Å². The van der Waals surface area contributed by atoms with Gasteiger partial charge in [-0.25, -0.2) is 4.98 Å². The number of hydrogen-bond acceptors (Lipinski definition) is 4. The summed E-state index contributed by atoms with van der Waals surface area (Å²) in [5, 5.41) is 3.62. The number of nitrogens with zero attached hydrogens (tertiary/aromatic N) is 2. The Hall–Kier alpha value is -1.13. The highest BCUT2D eigenvalue weighted by molar-refractivity contribution is 5.15. The van der Waals surface area contributed by atoms with E-state index in [2.05, 4.69) is 42.0 Å². The zero-order valence-corrected chi connectivity index (χ0v) is 13.9. The van der Waals surface area contributed by atoms with Gasteiger partial charge in [0.25, 0.3) is 0 Å². The molecule has 0 aliphatic carbocycles. The van der Waals surface area contributed by atoms with Gasteiger partial charge in [0.15, 0.2) is 0 Å². The Balaban J connectivity index is 1.76. The van der Waals surface area contributed by atoms with E-state index in [9.17, 15) is 0 Å². The number of piperidine rings is 1. The Morgan fingerprint density at radius 2 is 2.00 bits per heavy atom. The minimum absolute atomic E-state index is 0.224. The zero-order valence-electron chi connectivity index (χ0n) is 13.9. The Bertz CT molecular complexity index is 434. The molecule has 2 rings (SSSR count). The highest BCUT2D eigenvalue weighted by Gasteiger charge is 2.21. The summed E-state index contributed by atoms with van der Waals surface area (Å²) < 4.78 is 5.19. The molecule has 1 N–H and O–H groups in total. The Kier molecular flexibility index (Phi) is 5.59. The SMILES string of the molecule is COc1cccc(CN2CCC(CNC(C)(C)C)CC2)n1. The Morgan fingerprint density at radius 3 is 2.62 bits per heavy atom. The van der Waals surface area contributed by atoms with Crippen molar-refractivity contribution in [3.05, 3.63) is 23.9 Å². The van der Waals surface area contributed by atoms with Crippen molar-refractivity contribution in [1.29, 1.82) is 0 Å². The first kappa shape index (κ1) is 16.2. The third-order valence-corrected chi connectivity index (χ3v) is 4.00. The number of ether oxygens (including phenoxy) is 1. The third kappa shape index (κ3) is 5.64. The molecule has 4 heteroatoms. The fourth-order valence-corrected chi connectivity index (χ4v) is 2.69. The number of hydrogen-bond donors (Lipinski definition) is 1. The topological polar surface area (TPSA) is 37.4 Å². The summed E-state index contributed by atoms with van der Waals surface area (Å²) in [6.07, 6.45) is 2.54. The Morgan fingerprint density at radius 1 is 1.29 bits per heavy atom. The molecule has 0 atom stereocenters. The first-order valence-corrected chi connectivity index (χ1v) is 7.93. The van der Waals surface area contributed by atoms with E-state index in [1.165, 1.54) is 12.8 Å². The summed E-state index contributed by atoms with van der Waals surface area (Å²) >= 11 is 0. The molecule has 0 aromatic carbocycles. The van der Waals surface area contributed by atoms with E-state index in [-0.39, 0.29) is 5.54 Å². The summed E-state index contributed by atoms with van der Waals surface area (Å²) in [4.78, 5) is 6.99.